The van der Waals surface area contributed by atoms with Crippen LogP contribution in [0.4, 0.5) is 11.4 Å². The van der Waals surface area contributed by atoms with Crippen molar-refractivity contribution in [3.8, 4) is 34.8 Å². The summed E-state index contributed by atoms with van der Waals surface area (Å²) in [6.45, 7) is 5.25. The number of imidazole rings is 1. The third kappa shape index (κ3) is 6.33. The zero-order chi connectivity index (χ0) is 39.2. The Morgan fingerprint density at radius 1 is 1.07 bits per heavy atom. The lowest BCUT2D eigenvalue weighted by Crippen LogP contribution is -2.39. The number of anilines is 2. The van der Waals surface area contributed by atoms with Crippen molar-refractivity contribution in [2.45, 2.75) is 38.5 Å². The number of fused-ring (bicyclic) bond motifs is 3. The first kappa shape index (κ1) is 35.9. The van der Waals surface area contributed by atoms with Gasteiger partial charge in [0.2, 0.25) is 11.8 Å². The third-order valence-corrected chi connectivity index (χ3v) is 10.5. The molecule has 1 unspecified atom stereocenters. The van der Waals surface area contributed by atoms with Crippen LogP contribution in [0.5, 0.6) is 5.75 Å². The molecular weight excluding hydrogens is 711 g/mol. The van der Waals surface area contributed by atoms with Gasteiger partial charge in [0, 0.05) is 60.0 Å². The minimum Gasteiger partial charge on any atom is -0.490 e. The van der Waals surface area contributed by atoms with Gasteiger partial charge in [-0.15, -0.1) is 0 Å². The Hall–Kier alpha value is -7.12. The van der Waals surface area contributed by atoms with Gasteiger partial charge in [-0.3, -0.25) is 33.8 Å². The van der Waals surface area contributed by atoms with Gasteiger partial charge in [-0.1, -0.05) is 31.8 Å². The van der Waals surface area contributed by atoms with E-state index in [0.717, 1.165) is 33.4 Å². The highest BCUT2D eigenvalue weighted by molar-refractivity contribution is 6.03. The van der Waals surface area contributed by atoms with Crippen LogP contribution in [0.15, 0.2) is 76.3 Å². The van der Waals surface area contributed by atoms with Gasteiger partial charge in [0.15, 0.2) is 0 Å². The van der Waals surface area contributed by atoms with Crippen LogP contribution in [-0.2, 0) is 23.7 Å². The topological polar surface area (TPSA) is 164 Å². The van der Waals surface area contributed by atoms with Crippen LogP contribution < -0.4 is 26.0 Å². The number of hydrogen-bond donors (Lipinski definition) is 2. The Balaban J connectivity index is 0.983. The van der Waals surface area contributed by atoms with E-state index in [1.807, 2.05) is 24.3 Å². The second kappa shape index (κ2) is 14.3. The maximum atomic E-state index is 13.0. The van der Waals surface area contributed by atoms with E-state index >= 15 is 0 Å². The molecule has 13 heteroatoms. The number of nitrogens with one attached hydrogen (secondary N) is 2. The first-order valence-electron chi connectivity index (χ1n) is 18.3. The molecule has 2 aliphatic heterocycles. The Labute approximate surface area is 321 Å². The molecule has 0 bridgehead atoms. The number of nitrogens with zero attached hydrogens (tertiary/aromatic N) is 5. The second-order valence-corrected chi connectivity index (χ2v) is 14.3. The fourth-order valence-corrected chi connectivity index (χ4v) is 7.56. The molecule has 2 N–H and O–H groups in total. The number of imide groups is 1. The normalized spacial score (nSPS) is 15.2. The van der Waals surface area contributed by atoms with Crippen molar-refractivity contribution in [2.75, 3.05) is 24.6 Å². The summed E-state index contributed by atoms with van der Waals surface area (Å²) in [5, 5.41) is 16.2. The van der Waals surface area contributed by atoms with E-state index in [4.69, 9.17) is 9.15 Å². The minimum atomic E-state index is -0.480. The number of rotatable bonds is 6. The zero-order valence-electron chi connectivity index (χ0n) is 31.2. The van der Waals surface area contributed by atoms with Crippen LogP contribution in [0.2, 0.25) is 0 Å². The quantitative estimate of drug-likeness (QED) is 0.165. The number of nitriles is 1. The van der Waals surface area contributed by atoms with Crippen molar-refractivity contribution in [1.82, 2.24) is 24.8 Å². The molecule has 3 amide bonds. The molecule has 13 nitrogen and oxygen atoms in total. The summed E-state index contributed by atoms with van der Waals surface area (Å²) in [7, 11) is 3.57. The van der Waals surface area contributed by atoms with Crippen molar-refractivity contribution < 1.29 is 23.5 Å². The second-order valence-electron chi connectivity index (χ2n) is 14.3. The smallest absolute Gasteiger partial charge is 0.328 e. The Morgan fingerprint density at radius 2 is 1.91 bits per heavy atom. The zero-order valence-corrected chi connectivity index (χ0v) is 31.2. The highest BCUT2D eigenvalue weighted by Gasteiger charge is 2.31. The maximum Gasteiger partial charge on any atom is 0.328 e. The molecule has 0 spiro atoms. The van der Waals surface area contributed by atoms with Gasteiger partial charge in [-0.05, 0) is 66.4 Å². The SMILES string of the molecule is CC(C)c1cc(N2CCOc3cc(-c4ccc(C(=O)NCC#Cc5ccc6occ(C7CCC(=O)NC7=O)c6c5)nc4)c(C#N)cc32)cc2c1n(C)c(=O)n2C. The molecule has 6 aromatic rings. The highest BCUT2D eigenvalue weighted by atomic mass is 16.5. The average molecular weight is 748 g/mol. The minimum absolute atomic E-state index is 0.0646. The predicted molar refractivity (Wildman–Crippen MR) is 210 cm³/mol. The number of pyridine rings is 1. The Kier molecular flexibility index (Phi) is 9.14. The van der Waals surface area contributed by atoms with E-state index in [1.165, 1.54) is 0 Å². The van der Waals surface area contributed by atoms with Gasteiger partial charge in [0.05, 0.1) is 53.6 Å². The van der Waals surface area contributed by atoms with Crippen molar-refractivity contribution in [2.24, 2.45) is 14.1 Å². The lowest BCUT2D eigenvalue weighted by molar-refractivity contribution is -0.134. The summed E-state index contributed by atoms with van der Waals surface area (Å²) in [5.41, 5.74) is 8.24. The highest BCUT2D eigenvalue weighted by Crippen LogP contribution is 2.43. The average Bonchev–Trinajstić information content (AvgIpc) is 3.72. The summed E-state index contributed by atoms with van der Waals surface area (Å²) < 4.78 is 15.1. The molecule has 1 fully saturated rings. The van der Waals surface area contributed by atoms with E-state index in [2.05, 4.69) is 58.3 Å². The van der Waals surface area contributed by atoms with Gasteiger partial charge in [0.25, 0.3) is 5.91 Å². The summed E-state index contributed by atoms with van der Waals surface area (Å²) in [5.74, 6) is 5.27. The number of carbonyl (C=O) groups excluding carboxylic acids is 3. The summed E-state index contributed by atoms with van der Waals surface area (Å²) in [4.78, 5) is 56.4. The summed E-state index contributed by atoms with van der Waals surface area (Å²) in [6, 6.07) is 18.8. The van der Waals surface area contributed by atoms with E-state index in [0.29, 0.717) is 58.7 Å². The molecule has 3 aromatic heterocycles. The molecule has 1 atom stereocenters. The fourth-order valence-electron chi connectivity index (χ4n) is 7.56. The van der Waals surface area contributed by atoms with Crippen LogP contribution in [0, 0.1) is 23.2 Å². The molecule has 1 saturated heterocycles. The standard InChI is InChI=1S/C43H37N7O6/c1-24(2)30-18-28(19-36-40(30)49(4)43(54)48(36)3)50-14-15-55-38-20-31(27(21-44)17-35(38)50)26-8-10-34(46-22-26)42(53)45-13-5-6-25-7-11-37-32(16-25)33(23-56-37)29-9-12-39(51)47-41(29)52/h7-8,10-11,16-20,22-24,29H,9,12-15H2,1-4H3,(H,45,53)(H,47,51,52). The fraction of sp³-hybridized carbons (Fsp3) is 0.256. The number of hydrogen-bond acceptors (Lipinski definition) is 9. The van der Waals surface area contributed by atoms with E-state index < -0.39 is 11.8 Å². The van der Waals surface area contributed by atoms with Gasteiger partial charge in [-0.25, -0.2) is 4.79 Å². The van der Waals surface area contributed by atoms with Crippen molar-refractivity contribution in [1.29, 1.82) is 5.26 Å². The number of ether oxygens (including phenoxy) is 1. The Bertz CT molecular complexity index is 2770. The van der Waals surface area contributed by atoms with Gasteiger partial charge in [-0.2, -0.15) is 5.26 Å². The number of amides is 3. The summed E-state index contributed by atoms with van der Waals surface area (Å²) >= 11 is 0. The van der Waals surface area contributed by atoms with Crippen LogP contribution in [-0.4, -0.2) is 51.5 Å². The van der Waals surface area contributed by atoms with Gasteiger partial charge in [0.1, 0.15) is 23.6 Å². The Morgan fingerprint density at radius 3 is 2.66 bits per heavy atom. The predicted octanol–water partition coefficient (Wildman–Crippen LogP) is 5.51. The molecular formula is C43H37N7O6. The summed E-state index contributed by atoms with van der Waals surface area (Å²) in [6.07, 6.45) is 3.79. The van der Waals surface area contributed by atoms with Gasteiger partial charge >= 0.3 is 5.69 Å². The lowest BCUT2D eigenvalue weighted by atomic mass is 9.90. The van der Waals surface area contributed by atoms with Crippen molar-refractivity contribution in [3.63, 3.8) is 0 Å². The third-order valence-electron chi connectivity index (χ3n) is 10.5. The number of benzene rings is 3. The maximum absolute atomic E-state index is 13.0. The lowest BCUT2D eigenvalue weighted by Gasteiger charge is -2.32. The molecule has 2 aliphatic rings. The van der Waals surface area contributed by atoms with Crippen LogP contribution in [0.3, 0.4) is 0 Å². The van der Waals surface area contributed by atoms with Crippen LogP contribution >= 0.6 is 0 Å². The molecule has 3 aromatic carbocycles. The molecule has 0 aliphatic carbocycles. The molecule has 0 saturated carbocycles. The van der Waals surface area contributed by atoms with E-state index in [1.54, 1.807) is 60.0 Å². The first-order valence-corrected chi connectivity index (χ1v) is 18.3. The van der Waals surface area contributed by atoms with Gasteiger partial charge < -0.3 is 19.4 Å². The monoisotopic (exact) mass is 747 g/mol. The molecule has 5 heterocycles. The van der Waals surface area contributed by atoms with E-state index in [9.17, 15) is 24.4 Å². The van der Waals surface area contributed by atoms with E-state index in [-0.39, 0.29) is 42.1 Å². The first-order chi connectivity index (χ1) is 27.0. The van der Waals surface area contributed by atoms with Crippen LogP contribution in [0.1, 0.15) is 71.3 Å². The molecule has 0 radical (unpaired) electrons. The number of aromatic nitrogens is 3. The number of aryl methyl sites for hydroxylation is 2. The largest absolute Gasteiger partial charge is 0.490 e. The van der Waals surface area contributed by atoms with Crippen molar-refractivity contribution in [3.05, 3.63) is 105 Å². The van der Waals surface area contributed by atoms with Crippen molar-refractivity contribution >= 4 is 51.1 Å². The molecule has 8 rings (SSSR count). The molecule has 56 heavy (non-hydrogen) atoms. The number of carbonyl (C=O) groups is 3. The molecule has 280 valence electrons. The van der Waals surface area contributed by atoms with Crippen LogP contribution in [0.25, 0.3) is 33.1 Å². The number of furan rings is 1. The number of piperidine rings is 1.